The monoisotopic (exact) mass is 308 g/mol. The zero-order valence-corrected chi connectivity index (χ0v) is 12.8. The summed E-state index contributed by atoms with van der Waals surface area (Å²) in [5.74, 6) is 4.08. The molecule has 2 nitrogen and oxygen atoms in total. The molecule has 0 spiro atoms. The van der Waals surface area contributed by atoms with Gasteiger partial charge in [-0.3, -0.25) is 4.98 Å². The van der Waals surface area contributed by atoms with Crippen LogP contribution in [0.2, 0.25) is 0 Å². The van der Waals surface area contributed by atoms with E-state index in [1.165, 1.54) is 18.2 Å². The molecule has 114 valence electrons. The summed E-state index contributed by atoms with van der Waals surface area (Å²) in [4.78, 5) is 6.30. The molecule has 23 heavy (non-hydrogen) atoms. The van der Waals surface area contributed by atoms with Gasteiger partial charge in [0.2, 0.25) is 0 Å². The van der Waals surface area contributed by atoms with Crippen LogP contribution in [0.25, 0.3) is 10.9 Å². The Morgan fingerprint density at radius 1 is 0.957 bits per heavy atom. The van der Waals surface area contributed by atoms with Crippen LogP contribution in [0.15, 0.2) is 48.7 Å². The second-order valence-corrected chi connectivity index (χ2v) is 5.30. The van der Waals surface area contributed by atoms with Gasteiger partial charge in [-0.1, -0.05) is 17.9 Å². The van der Waals surface area contributed by atoms with Crippen LogP contribution >= 0.6 is 0 Å². The molecular weight excluding hydrogens is 294 g/mol. The van der Waals surface area contributed by atoms with Crippen LogP contribution in [0.3, 0.4) is 0 Å². The Morgan fingerprint density at radius 3 is 2.39 bits per heavy atom. The minimum absolute atomic E-state index is 0.216. The lowest BCUT2D eigenvalue weighted by molar-refractivity contribution is 0.577. The molecule has 0 saturated heterocycles. The molecule has 0 bridgehead atoms. The number of aromatic nitrogens is 1. The van der Waals surface area contributed by atoms with Crippen molar-refractivity contribution < 1.29 is 8.78 Å². The van der Waals surface area contributed by atoms with Gasteiger partial charge in [0.1, 0.15) is 11.6 Å². The zero-order chi connectivity index (χ0) is 16.4. The quantitative estimate of drug-likeness (QED) is 0.632. The van der Waals surface area contributed by atoms with Gasteiger partial charge in [-0.2, -0.15) is 0 Å². The van der Waals surface area contributed by atoms with Crippen LogP contribution in [-0.4, -0.2) is 19.1 Å². The summed E-state index contributed by atoms with van der Waals surface area (Å²) in [5, 5.41) is 0.943. The number of fused-ring (bicyclic) bond motifs is 1. The number of pyridine rings is 1. The molecule has 0 saturated carbocycles. The molecule has 0 fully saturated rings. The van der Waals surface area contributed by atoms with Crippen molar-refractivity contribution in [1.29, 1.82) is 0 Å². The molecular formula is C19H14F2N2. The van der Waals surface area contributed by atoms with Crippen molar-refractivity contribution in [3.05, 3.63) is 71.4 Å². The van der Waals surface area contributed by atoms with Crippen molar-refractivity contribution >= 4 is 16.6 Å². The molecule has 2 aromatic carbocycles. The normalized spacial score (nSPS) is 10.3. The highest BCUT2D eigenvalue weighted by atomic mass is 19.1. The molecule has 0 N–H and O–H groups in total. The third-order valence-electron chi connectivity index (χ3n) is 3.49. The molecule has 1 heterocycles. The molecule has 0 amide bonds. The van der Waals surface area contributed by atoms with Crippen molar-refractivity contribution in [3.63, 3.8) is 0 Å². The smallest absolute Gasteiger partial charge is 0.141 e. The minimum Gasteiger partial charge on any atom is -0.377 e. The predicted octanol–water partition coefficient (Wildman–Crippen LogP) is 3.98. The highest BCUT2D eigenvalue weighted by molar-refractivity contribution is 5.92. The first-order valence-corrected chi connectivity index (χ1v) is 7.08. The third-order valence-corrected chi connectivity index (χ3v) is 3.49. The van der Waals surface area contributed by atoms with E-state index in [0.717, 1.165) is 16.6 Å². The van der Waals surface area contributed by atoms with E-state index in [-0.39, 0.29) is 5.56 Å². The molecule has 0 unspecified atom stereocenters. The van der Waals surface area contributed by atoms with E-state index in [9.17, 15) is 8.78 Å². The number of anilines is 1. The van der Waals surface area contributed by atoms with Crippen molar-refractivity contribution in [3.8, 4) is 11.8 Å². The second kappa shape index (κ2) is 6.05. The Hall–Kier alpha value is -2.93. The molecule has 0 atom stereocenters. The van der Waals surface area contributed by atoms with E-state index in [1.807, 2.05) is 37.2 Å². The fraction of sp³-hybridized carbons (Fsp3) is 0.105. The average Bonchev–Trinajstić information content (AvgIpc) is 2.53. The summed E-state index contributed by atoms with van der Waals surface area (Å²) in [6, 6.07) is 11.1. The van der Waals surface area contributed by atoms with Crippen LogP contribution in [0.4, 0.5) is 14.5 Å². The molecule has 0 aliphatic heterocycles. The maximum atomic E-state index is 13.6. The first-order chi connectivity index (χ1) is 11.1. The van der Waals surface area contributed by atoms with Gasteiger partial charge >= 0.3 is 0 Å². The van der Waals surface area contributed by atoms with E-state index < -0.39 is 11.6 Å². The summed E-state index contributed by atoms with van der Waals surface area (Å²) in [7, 11) is 3.89. The fourth-order valence-electron chi connectivity index (χ4n) is 2.35. The van der Waals surface area contributed by atoms with E-state index in [0.29, 0.717) is 5.56 Å². The number of benzene rings is 2. The lowest BCUT2D eigenvalue weighted by Crippen LogP contribution is -2.09. The zero-order valence-electron chi connectivity index (χ0n) is 12.8. The minimum atomic E-state index is -0.658. The second-order valence-electron chi connectivity index (χ2n) is 5.30. The van der Waals surface area contributed by atoms with E-state index in [1.54, 1.807) is 12.3 Å². The number of nitrogens with zero attached hydrogens (tertiary/aromatic N) is 2. The molecule has 0 aliphatic carbocycles. The van der Waals surface area contributed by atoms with Crippen LogP contribution in [-0.2, 0) is 0 Å². The van der Waals surface area contributed by atoms with Gasteiger partial charge in [0.25, 0.3) is 0 Å². The summed E-state index contributed by atoms with van der Waals surface area (Å²) in [5.41, 5.74) is 2.32. The Bertz CT molecular complexity index is 917. The molecule has 4 heteroatoms. The Balaban J connectivity index is 2.09. The van der Waals surface area contributed by atoms with Gasteiger partial charge < -0.3 is 4.90 Å². The Labute approximate surface area is 133 Å². The number of halogens is 2. The maximum Gasteiger partial charge on any atom is 0.141 e. The molecule has 0 aliphatic rings. The molecule has 3 aromatic rings. The molecule has 1 aromatic heterocycles. The highest BCUT2D eigenvalue weighted by Gasteiger charge is 2.06. The van der Waals surface area contributed by atoms with Crippen LogP contribution in [0.1, 0.15) is 11.1 Å². The fourth-order valence-corrected chi connectivity index (χ4v) is 2.35. The first-order valence-electron chi connectivity index (χ1n) is 7.08. The molecule has 3 rings (SSSR count). The van der Waals surface area contributed by atoms with Gasteiger partial charge in [-0.05, 0) is 36.4 Å². The van der Waals surface area contributed by atoms with E-state index in [4.69, 9.17) is 0 Å². The van der Waals surface area contributed by atoms with Crippen LogP contribution in [0.5, 0.6) is 0 Å². The van der Waals surface area contributed by atoms with Gasteiger partial charge in [0, 0.05) is 36.9 Å². The van der Waals surface area contributed by atoms with E-state index >= 15 is 0 Å². The topological polar surface area (TPSA) is 16.1 Å². The number of hydrogen-bond acceptors (Lipinski definition) is 2. The number of rotatable bonds is 1. The Kier molecular flexibility index (Phi) is 3.94. The van der Waals surface area contributed by atoms with E-state index in [2.05, 4.69) is 16.8 Å². The third kappa shape index (κ3) is 3.00. The van der Waals surface area contributed by atoms with Gasteiger partial charge in [-0.25, -0.2) is 8.78 Å². The number of hydrogen-bond donors (Lipinski definition) is 0. The summed E-state index contributed by atoms with van der Waals surface area (Å²) in [6.45, 7) is 0. The first kappa shape index (κ1) is 15.0. The lowest BCUT2D eigenvalue weighted by atomic mass is 10.1. The van der Waals surface area contributed by atoms with Crippen molar-refractivity contribution in [2.45, 2.75) is 0 Å². The lowest BCUT2D eigenvalue weighted by Gasteiger charge is -2.14. The highest BCUT2D eigenvalue weighted by Crippen LogP contribution is 2.24. The SMILES string of the molecule is CN(C)c1ccnc2ccc(C#Cc3c(F)cccc3F)cc12. The van der Waals surface area contributed by atoms with Crippen molar-refractivity contribution in [2.24, 2.45) is 0 Å². The van der Waals surface area contributed by atoms with Crippen LogP contribution < -0.4 is 4.90 Å². The summed E-state index contributed by atoms with van der Waals surface area (Å²) < 4.78 is 27.2. The van der Waals surface area contributed by atoms with Gasteiger partial charge in [0.15, 0.2) is 0 Å². The maximum absolute atomic E-state index is 13.6. The van der Waals surface area contributed by atoms with Gasteiger partial charge in [-0.15, -0.1) is 0 Å². The van der Waals surface area contributed by atoms with Crippen molar-refractivity contribution in [1.82, 2.24) is 4.98 Å². The summed E-state index contributed by atoms with van der Waals surface area (Å²) >= 11 is 0. The standard InChI is InChI=1S/C19H14F2N2/c1-23(2)19-10-11-22-18-9-7-13(12-15(18)19)6-8-14-16(20)4-3-5-17(14)21/h3-5,7,9-12H,1-2H3. The Morgan fingerprint density at radius 2 is 1.70 bits per heavy atom. The molecule has 0 radical (unpaired) electrons. The largest absolute Gasteiger partial charge is 0.377 e. The van der Waals surface area contributed by atoms with Crippen LogP contribution in [0, 0.1) is 23.5 Å². The van der Waals surface area contributed by atoms with Crippen molar-refractivity contribution in [2.75, 3.05) is 19.0 Å². The van der Waals surface area contributed by atoms with Gasteiger partial charge in [0.05, 0.1) is 11.1 Å². The average molecular weight is 308 g/mol. The predicted molar refractivity (Wildman–Crippen MR) is 88.4 cm³/mol. The summed E-state index contributed by atoms with van der Waals surface area (Å²) in [6.07, 6.45) is 1.75.